The molecule has 3 heterocycles. The lowest BCUT2D eigenvalue weighted by atomic mass is 9.90. The molecule has 31 heavy (non-hydrogen) atoms. The Labute approximate surface area is 180 Å². The van der Waals surface area contributed by atoms with Crippen molar-refractivity contribution in [3.8, 4) is 11.7 Å². The maximum absolute atomic E-state index is 12.9. The zero-order valence-corrected chi connectivity index (χ0v) is 17.8. The van der Waals surface area contributed by atoms with Gasteiger partial charge in [-0.2, -0.15) is 0 Å². The van der Waals surface area contributed by atoms with Crippen molar-refractivity contribution in [3.05, 3.63) is 71.1 Å². The van der Waals surface area contributed by atoms with Gasteiger partial charge in [0.1, 0.15) is 5.58 Å². The molecule has 0 atom stereocenters. The zero-order valence-electron chi connectivity index (χ0n) is 17.8. The number of likely N-dealkylation sites (tertiary alicyclic amines) is 1. The SMILES string of the molecule is Cc1ccc2oc(-c3nnc(C(=O)N4CCC(Cc5ccccc5)CC4)o3)c(C)c2c1. The number of piperidine rings is 1. The predicted octanol–water partition coefficient (Wildman–Crippen LogP) is 5.19. The number of hydrogen-bond acceptors (Lipinski definition) is 5. The van der Waals surface area contributed by atoms with Crippen molar-refractivity contribution in [1.29, 1.82) is 0 Å². The lowest BCUT2D eigenvalue weighted by Gasteiger charge is -2.31. The van der Waals surface area contributed by atoms with E-state index in [0.717, 1.165) is 41.4 Å². The minimum atomic E-state index is -0.207. The van der Waals surface area contributed by atoms with Crippen LogP contribution in [-0.2, 0) is 6.42 Å². The fourth-order valence-corrected chi connectivity index (χ4v) is 4.36. The van der Waals surface area contributed by atoms with Gasteiger partial charge < -0.3 is 13.7 Å². The van der Waals surface area contributed by atoms with Crippen molar-refractivity contribution < 1.29 is 13.6 Å². The third-order valence-electron chi connectivity index (χ3n) is 6.16. The van der Waals surface area contributed by atoms with Gasteiger partial charge in [0.25, 0.3) is 5.89 Å². The molecule has 5 rings (SSSR count). The molecule has 0 radical (unpaired) electrons. The standard InChI is InChI=1S/C25H25N3O3/c1-16-8-9-21-20(14-16)17(2)22(30-21)23-26-27-24(31-23)25(29)28-12-10-19(11-13-28)15-18-6-4-3-5-7-18/h3-9,14,19H,10-13,15H2,1-2H3. The number of hydrogen-bond donors (Lipinski definition) is 0. The normalized spacial score (nSPS) is 15.0. The third-order valence-corrected chi connectivity index (χ3v) is 6.16. The van der Waals surface area contributed by atoms with Gasteiger partial charge in [-0.3, -0.25) is 4.79 Å². The van der Waals surface area contributed by atoms with Crippen molar-refractivity contribution >= 4 is 16.9 Å². The summed E-state index contributed by atoms with van der Waals surface area (Å²) in [5, 5.41) is 9.12. The van der Waals surface area contributed by atoms with Crippen molar-refractivity contribution in [2.24, 2.45) is 5.92 Å². The van der Waals surface area contributed by atoms with Gasteiger partial charge >= 0.3 is 11.8 Å². The highest BCUT2D eigenvalue weighted by atomic mass is 16.4. The molecular formula is C25H25N3O3. The summed E-state index contributed by atoms with van der Waals surface area (Å²) in [7, 11) is 0. The number of aromatic nitrogens is 2. The molecular weight excluding hydrogens is 390 g/mol. The van der Waals surface area contributed by atoms with E-state index in [1.165, 1.54) is 5.56 Å². The van der Waals surface area contributed by atoms with E-state index in [-0.39, 0.29) is 17.7 Å². The van der Waals surface area contributed by atoms with Gasteiger partial charge in [0.15, 0.2) is 5.76 Å². The van der Waals surface area contributed by atoms with E-state index in [2.05, 4.69) is 40.5 Å². The molecule has 0 saturated carbocycles. The summed E-state index contributed by atoms with van der Waals surface area (Å²) in [6.45, 7) is 5.41. The van der Waals surface area contributed by atoms with Crippen molar-refractivity contribution in [2.75, 3.05) is 13.1 Å². The van der Waals surface area contributed by atoms with Gasteiger partial charge in [0.05, 0.1) is 0 Å². The first kappa shape index (κ1) is 19.5. The maximum Gasteiger partial charge on any atom is 0.311 e. The highest BCUT2D eigenvalue weighted by Crippen LogP contribution is 2.33. The van der Waals surface area contributed by atoms with Crippen LogP contribution in [0.1, 0.15) is 40.2 Å². The predicted molar refractivity (Wildman–Crippen MR) is 118 cm³/mol. The summed E-state index contributed by atoms with van der Waals surface area (Å²) in [5.74, 6) is 1.17. The Morgan fingerprint density at radius 2 is 1.81 bits per heavy atom. The Bertz CT molecular complexity index is 1220. The Kier molecular flexibility index (Phi) is 5.06. The first-order chi connectivity index (χ1) is 15.1. The van der Waals surface area contributed by atoms with Crippen molar-refractivity contribution in [2.45, 2.75) is 33.1 Å². The molecule has 158 valence electrons. The van der Waals surface area contributed by atoms with E-state index in [1.54, 1.807) is 0 Å². The fourth-order valence-electron chi connectivity index (χ4n) is 4.36. The molecule has 0 aliphatic carbocycles. The van der Waals surface area contributed by atoms with E-state index >= 15 is 0 Å². The molecule has 0 unspecified atom stereocenters. The Balaban J connectivity index is 1.27. The number of nitrogens with zero attached hydrogens (tertiary/aromatic N) is 3. The highest BCUT2D eigenvalue weighted by molar-refractivity contribution is 5.90. The molecule has 4 aromatic rings. The Morgan fingerprint density at radius 3 is 2.58 bits per heavy atom. The Hall–Kier alpha value is -3.41. The average Bonchev–Trinajstić information content (AvgIpc) is 3.40. The molecule has 6 nitrogen and oxygen atoms in total. The third kappa shape index (κ3) is 3.85. The number of rotatable bonds is 4. The summed E-state index contributed by atoms with van der Waals surface area (Å²) in [6.07, 6.45) is 3.01. The van der Waals surface area contributed by atoms with Crippen LogP contribution < -0.4 is 0 Å². The number of fused-ring (bicyclic) bond motifs is 1. The van der Waals surface area contributed by atoms with E-state index < -0.39 is 0 Å². The van der Waals surface area contributed by atoms with Crippen LogP contribution >= 0.6 is 0 Å². The summed E-state index contributed by atoms with van der Waals surface area (Å²) in [6, 6.07) is 16.5. The van der Waals surface area contributed by atoms with E-state index in [0.29, 0.717) is 24.8 Å². The van der Waals surface area contributed by atoms with Crippen LogP contribution in [0.25, 0.3) is 22.6 Å². The molecule has 0 N–H and O–H groups in total. The second-order valence-electron chi connectivity index (χ2n) is 8.39. The minimum absolute atomic E-state index is 0.0209. The minimum Gasteiger partial charge on any atom is -0.451 e. The zero-order chi connectivity index (χ0) is 21.4. The van der Waals surface area contributed by atoms with Gasteiger partial charge in [0.2, 0.25) is 0 Å². The lowest BCUT2D eigenvalue weighted by Crippen LogP contribution is -2.39. The van der Waals surface area contributed by atoms with Crippen molar-refractivity contribution in [3.63, 3.8) is 0 Å². The summed E-state index contributed by atoms with van der Waals surface area (Å²) < 4.78 is 11.7. The largest absolute Gasteiger partial charge is 0.451 e. The molecule has 1 saturated heterocycles. The first-order valence-corrected chi connectivity index (χ1v) is 10.8. The van der Waals surface area contributed by atoms with Crippen LogP contribution in [0.2, 0.25) is 0 Å². The molecule has 1 fully saturated rings. The number of carbonyl (C=O) groups excluding carboxylic acids is 1. The average molecular weight is 415 g/mol. The van der Waals surface area contributed by atoms with E-state index in [4.69, 9.17) is 8.83 Å². The molecule has 1 aliphatic rings. The molecule has 1 amide bonds. The number of aryl methyl sites for hydroxylation is 2. The van der Waals surface area contributed by atoms with Crippen LogP contribution in [0.3, 0.4) is 0 Å². The smallest absolute Gasteiger partial charge is 0.311 e. The van der Waals surface area contributed by atoms with Gasteiger partial charge in [-0.1, -0.05) is 42.0 Å². The second kappa shape index (κ2) is 8.02. The van der Waals surface area contributed by atoms with Gasteiger partial charge in [0, 0.05) is 24.0 Å². The molecule has 2 aromatic heterocycles. The van der Waals surface area contributed by atoms with Crippen molar-refractivity contribution in [1.82, 2.24) is 15.1 Å². The van der Waals surface area contributed by atoms with Crippen LogP contribution in [0.15, 0.2) is 57.4 Å². The van der Waals surface area contributed by atoms with Gasteiger partial charge in [-0.25, -0.2) is 0 Å². The molecule has 6 heteroatoms. The number of benzene rings is 2. The lowest BCUT2D eigenvalue weighted by molar-refractivity contribution is 0.0651. The van der Waals surface area contributed by atoms with Gasteiger partial charge in [-0.15, -0.1) is 10.2 Å². The quantitative estimate of drug-likeness (QED) is 0.458. The summed E-state index contributed by atoms with van der Waals surface area (Å²) in [4.78, 5) is 14.7. The maximum atomic E-state index is 12.9. The fraction of sp³-hybridized carbons (Fsp3) is 0.320. The van der Waals surface area contributed by atoms with Crippen LogP contribution in [-0.4, -0.2) is 34.1 Å². The van der Waals surface area contributed by atoms with Crippen LogP contribution in [0.5, 0.6) is 0 Å². The second-order valence-corrected chi connectivity index (χ2v) is 8.39. The summed E-state index contributed by atoms with van der Waals surface area (Å²) >= 11 is 0. The number of carbonyl (C=O) groups is 1. The summed E-state index contributed by atoms with van der Waals surface area (Å²) in [5.41, 5.74) is 4.21. The van der Waals surface area contributed by atoms with Crippen LogP contribution in [0, 0.1) is 19.8 Å². The van der Waals surface area contributed by atoms with Gasteiger partial charge in [-0.05, 0) is 56.7 Å². The first-order valence-electron chi connectivity index (χ1n) is 10.8. The van der Waals surface area contributed by atoms with E-state index in [1.807, 2.05) is 36.9 Å². The van der Waals surface area contributed by atoms with Crippen LogP contribution in [0.4, 0.5) is 0 Å². The number of furan rings is 1. The molecule has 1 aliphatic heterocycles. The highest BCUT2D eigenvalue weighted by Gasteiger charge is 2.28. The number of amides is 1. The Morgan fingerprint density at radius 1 is 1.03 bits per heavy atom. The molecule has 0 spiro atoms. The van der Waals surface area contributed by atoms with E-state index in [9.17, 15) is 4.79 Å². The molecule has 2 aromatic carbocycles. The molecule has 0 bridgehead atoms. The monoisotopic (exact) mass is 415 g/mol. The topological polar surface area (TPSA) is 72.4 Å².